The van der Waals surface area contributed by atoms with Crippen molar-refractivity contribution < 1.29 is 24.2 Å². The number of hydrogen-bond donors (Lipinski definition) is 2. The lowest BCUT2D eigenvalue weighted by atomic mass is 9.95. The Morgan fingerprint density at radius 1 is 1.07 bits per heavy atom. The standard InChI is InChI=1S/C23H17FN2O4/c24-17-8-6-15(7-9-17)21(28)19-20(16-4-1-5-18(27)11-16)26(23(30)22(19)29)13-14-3-2-10-25-12-14/h1-12,20,27-28H,13H2/b21-19-. The summed E-state index contributed by atoms with van der Waals surface area (Å²) in [6.45, 7) is 0.0823. The fourth-order valence-electron chi connectivity index (χ4n) is 3.54. The molecule has 6 nitrogen and oxygen atoms in total. The smallest absolute Gasteiger partial charge is 0.295 e. The van der Waals surface area contributed by atoms with Crippen LogP contribution in [0.15, 0.2) is 78.6 Å². The summed E-state index contributed by atoms with van der Waals surface area (Å²) in [5.74, 6) is -2.57. The van der Waals surface area contributed by atoms with Crippen molar-refractivity contribution in [1.82, 2.24) is 9.88 Å². The molecule has 0 aliphatic carbocycles. The van der Waals surface area contributed by atoms with Crippen LogP contribution in [0.3, 0.4) is 0 Å². The average Bonchev–Trinajstić information content (AvgIpc) is 2.99. The minimum absolute atomic E-state index is 0.0405. The number of rotatable bonds is 4. The van der Waals surface area contributed by atoms with Crippen molar-refractivity contribution in [2.24, 2.45) is 0 Å². The first-order chi connectivity index (χ1) is 14.5. The van der Waals surface area contributed by atoms with E-state index in [0.29, 0.717) is 11.1 Å². The first-order valence-corrected chi connectivity index (χ1v) is 9.18. The largest absolute Gasteiger partial charge is 0.508 e. The van der Waals surface area contributed by atoms with Gasteiger partial charge in [-0.25, -0.2) is 4.39 Å². The van der Waals surface area contributed by atoms with Crippen LogP contribution in [-0.4, -0.2) is 31.8 Å². The number of likely N-dealkylation sites (tertiary alicyclic amines) is 1. The number of aromatic nitrogens is 1. The van der Waals surface area contributed by atoms with Crippen LogP contribution in [0.25, 0.3) is 5.76 Å². The third-order valence-electron chi connectivity index (χ3n) is 4.92. The molecule has 1 aliphatic rings. The molecule has 0 spiro atoms. The molecule has 1 fully saturated rings. The van der Waals surface area contributed by atoms with Crippen LogP contribution < -0.4 is 0 Å². The van der Waals surface area contributed by atoms with E-state index in [4.69, 9.17) is 0 Å². The van der Waals surface area contributed by atoms with Crippen molar-refractivity contribution in [3.63, 3.8) is 0 Å². The summed E-state index contributed by atoms with van der Waals surface area (Å²) < 4.78 is 13.3. The second-order valence-electron chi connectivity index (χ2n) is 6.89. The molecular formula is C23H17FN2O4. The Labute approximate surface area is 171 Å². The normalized spacial score (nSPS) is 18.0. The summed E-state index contributed by atoms with van der Waals surface area (Å²) in [7, 11) is 0. The first kappa shape index (κ1) is 19.3. The summed E-state index contributed by atoms with van der Waals surface area (Å²) >= 11 is 0. The summed E-state index contributed by atoms with van der Waals surface area (Å²) in [5.41, 5.74) is 1.25. The van der Waals surface area contributed by atoms with E-state index >= 15 is 0 Å². The van der Waals surface area contributed by atoms with Crippen LogP contribution in [0.2, 0.25) is 0 Å². The molecule has 1 unspecified atom stereocenters. The number of phenols is 1. The number of aliphatic hydroxyl groups is 1. The highest BCUT2D eigenvalue weighted by molar-refractivity contribution is 6.46. The molecule has 0 saturated carbocycles. The van der Waals surface area contributed by atoms with E-state index in [1.807, 2.05) is 0 Å². The molecule has 0 radical (unpaired) electrons. The summed E-state index contributed by atoms with van der Waals surface area (Å²) in [6, 6.07) is 13.7. The number of pyridine rings is 1. The van der Waals surface area contributed by atoms with E-state index in [2.05, 4.69) is 4.98 Å². The van der Waals surface area contributed by atoms with Gasteiger partial charge in [-0.1, -0.05) is 18.2 Å². The Bertz CT molecular complexity index is 1140. The van der Waals surface area contributed by atoms with Crippen molar-refractivity contribution in [1.29, 1.82) is 0 Å². The van der Waals surface area contributed by atoms with E-state index in [0.717, 1.165) is 12.1 Å². The number of halogens is 1. The second kappa shape index (κ2) is 7.79. The van der Waals surface area contributed by atoms with Crippen molar-refractivity contribution in [3.05, 3.63) is 101 Å². The zero-order chi connectivity index (χ0) is 21.3. The fourth-order valence-corrected chi connectivity index (χ4v) is 3.54. The lowest BCUT2D eigenvalue weighted by molar-refractivity contribution is -0.140. The SMILES string of the molecule is O=C1C(=O)N(Cc2cccnc2)C(c2cccc(O)c2)/C1=C(/O)c1ccc(F)cc1. The molecular weight excluding hydrogens is 387 g/mol. The van der Waals surface area contributed by atoms with Gasteiger partial charge in [-0.2, -0.15) is 0 Å². The van der Waals surface area contributed by atoms with Gasteiger partial charge in [0.15, 0.2) is 0 Å². The van der Waals surface area contributed by atoms with E-state index in [1.54, 1.807) is 36.7 Å². The number of phenolic OH excluding ortho intramolecular Hbond substituents is 1. The van der Waals surface area contributed by atoms with Crippen molar-refractivity contribution in [3.8, 4) is 5.75 Å². The van der Waals surface area contributed by atoms with E-state index < -0.39 is 29.3 Å². The zero-order valence-corrected chi connectivity index (χ0v) is 15.7. The molecule has 1 saturated heterocycles. The van der Waals surface area contributed by atoms with Crippen LogP contribution >= 0.6 is 0 Å². The van der Waals surface area contributed by atoms with E-state index in [1.165, 1.54) is 29.2 Å². The molecule has 2 heterocycles. The summed E-state index contributed by atoms with van der Waals surface area (Å²) in [5, 5.41) is 20.8. The number of ketones is 1. The monoisotopic (exact) mass is 404 g/mol. The lowest BCUT2D eigenvalue weighted by Crippen LogP contribution is -2.29. The lowest BCUT2D eigenvalue weighted by Gasteiger charge is -2.25. The molecule has 1 amide bonds. The first-order valence-electron chi connectivity index (χ1n) is 9.18. The number of nitrogens with zero attached hydrogens (tertiary/aromatic N) is 2. The van der Waals surface area contributed by atoms with Gasteiger partial charge in [-0.15, -0.1) is 0 Å². The van der Waals surface area contributed by atoms with Crippen LogP contribution in [0.5, 0.6) is 5.75 Å². The molecule has 2 aromatic carbocycles. The highest BCUT2D eigenvalue weighted by atomic mass is 19.1. The summed E-state index contributed by atoms with van der Waals surface area (Å²) in [6.07, 6.45) is 3.18. The van der Waals surface area contributed by atoms with Gasteiger partial charge in [0, 0.05) is 24.5 Å². The summed E-state index contributed by atoms with van der Waals surface area (Å²) in [4.78, 5) is 31.1. The highest BCUT2D eigenvalue weighted by Crippen LogP contribution is 2.40. The minimum Gasteiger partial charge on any atom is -0.508 e. The molecule has 2 N–H and O–H groups in total. The Morgan fingerprint density at radius 2 is 1.83 bits per heavy atom. The van der Waals surface area contributed by atoms with E-state index in [9.17, 15) is 24.2 Å². The van der Waals surface area contributed by atoms with Gasteiger partial charge < -0.3 is 15.1 Å². The van der Waals surface area contributed by atoms with Crippen molar-refractivity contribution in [2.45, 2.75) is 12.6 Å². The molecule has 0 bridgehead atoms. The zero-order valence-electron chi connectivity index (χ0n) is 15.7. The minimum atomic E-state index is -0.928. The quantitative estimate of drug-likeness (QED) is 0.394. The van der Waals surface area contributed by atoms with Gasteiger partial charge in [0.2, 0.25) is 0 Å². The van der Waals surface area contributed by atoms with Gasteiger partial charge in [0.1, 0.15) is 17.3 Å². The molecule has 1 aromatic heterocycles. The fraction of sp³-hybridized carbons (Fsp3) is 0.0870. The van der Waals surface area contributed by atoms with Crippen LogP contribution in [0.1, 0.15) is 22.7 Å². The Balaban J connectivity index is 1.87. The maximum absolute atomic E-state index is 13.3. The van der Waals surface area contributed by atoms with Gasteiger partial charge in [-0.05, 0) is 53.6 Å². The number of aliphatic hydroxyl groups excluding tert-OH is 1. The molecule has 3 aromatic rings. The maximum atomic E-state index is 13.3. The van der Waals surface area contributed by atoms with Gasteiger partial charge in [0.05, 0.1) is 11.6 Å². The third kappa shape index (κ3) is 3.53. The van der Waals surface area contributed by atoms with Crippen molar-refractivity contribution >= 4 is 17.4 Å². The number of Topliss-reactive ketones (excluding diaryl/α,β-unsaturated/α-hetero) is 1. The Hall–Kier alpha value is -4.00. The van der Waals surface area contributed by atoms with Gasteiger partial charge in [-0.3, -0.25) is 14.6 Å². The number of amides is 1. The van der Waals surface area contributed by atoms with Crippen LogP contribution in [-0.2, 0) is 16.1 Å². The molecule has 1 atom stereocenters. The van der Waals surface area contributed by atoms with Crippen molar-refractivity contribution in [2.75, 3.05) is 0 Å². The van der Waals surface area contributed by atoms with Gasteiger partial charge >= 0.3 is 0 Å². The second-order valence-corrected chi connectivity index (χ2v) is 6.89. The average molecular weight is 404 g/mol. The number of hydrogen-bond acceptors (Lipinski definition) is 5. The van der Waals surface area contributed by atoms with Gasteiger partial charge in [0.25, 0.3) is 11.7 Å². The predicted octanol–water partition coefficient (Wildman–Crippen LogP) is 3.55. The third-order valence-corrected chi connectivity index (χ3v) is 4.92. The number of aromatic hydroxyl groups is 1. The topological polar surface area (TPSA) is 90.7 Å². The Morgan fingerprint density at radius 3 is 2.50 bits per heavy atom. The maximum Gasteiger partial charge on any atom is 0.295 e. The van der Waals surface area contributed by atoms with E-state index in [-0.39, 0.29) is 23.4 Å². The molecule has 150 valence electrons. The number of carbonyl (C=O) groups is 2. The molecule has 30 heavy (non-hydrogen) atoms. The molecule has 4 rings (SSSR count). The highest BCUT2D eigenvalue weighted by Gasteiger charge is 2.46. The number of benzene rings is 2. The number of carbonyl (C=O) groups excluding carboxylic acids is 2. The predicted molar refractivity (Wildman–Crippen MR) is 107 cm³/mol. The Kier molecular flexibility index (Phi) is 5.02. The molecule has 1 aliphatic heterocycles. The molecule has 7 heteroatoms. The van der Waals surface area contributed by atoms with Crippen LogP contribution in [0.4, 0.5) is 4.39 Å². The van der Waals surface area contributed by atoms with Crippen LogP contribution in [0, 0.1) is 5.82 Å².